The third-order valence-electron chi connectivity index (χ3n) is 4.40. The van der Waals surface area contributed by atoms with E-state index in [9.17, 15) is 0 Å². The van der Waals surface area contributed by atoms with Gasteiger partial charge in [0.15, 0.2) is 0 Å². The second kappa shape index (κ2) is 3.96. The van der Waals surface area contributed by atoms with Crippen LogP contribution >= 0.6 is 0 Å². The summed E-state index contributed by atoms with van der Waals surface area (Å²) >= 11 is 0. The molecular formula is C17H17N. The Morgan fingerprint density at radius 3 is 1.89 bits per heavy atom. The summed E-state index contributed by atoms with van der Waals surface area (Å²) in [6.45, 7) is 2.39. The highest BCUT2D eigenvalue weighted by Gasteiger charge is 2.31. The highest BCUT2D eigenvalue weighted by molar-refractivity contribution is 5.78. The van der Waals surface area contributed by atoms with Gasteiger partial charge in [-0.25, -0.2) is 0 Å². The van der Waals surface area contributed by atoms with Crippen molar-refractivity contribution in [2.75, 3.05) is 13.1 Å². The summed E-state index contributed by atoms with van der Waals surface area (Å²) < 4.78 is 0. The Morgan fingerprint density at radius 1 is 0.833 bits per heavy atom. The lowest BCUT2D eigenvalue weighted by Gasteiger charge is -2.30. The van der Waals surface area contributed by atoms with Crippen LogP contribution in [0.25, 0.3) is 11.1 Å². The van der Waals surface area contributed by atoms with Gasteiger partial charge in [0.1, 0.15) is 0 Å². The highest BCUT2D eigenvalue weighted by Crippen LogP contribution is 2.47. The van der Waals surface area contributed by atoms with E-state index in [1.54, 1.807) is 0 Å². The standard InChI is InChI=1S/C17H17N/c1-3-7-15-13(5-1)14-6-2-4-8-16(14)17(15)9-12-10-18-11-12/h1-8,12,17-18H,9-11H2. The van der Waals surface area contributed by atoms with Crippen LogP contribution in [0.4, 0.5) is 0 Å². The monoisotopic (exact) mass is 235 g/mol. The molecule has 0 aromatic heterocycles. The van der Waals surface area contributed by atoms with Crippen molar-refractivity contribution < 1.29 is 0 Å². The lowest BCUT2D eigenvalue weighted by molar-refractivity contribution is 0.317. The Morgan fingerprint density at radius 2 is 1.39 bits per heavy atom. The molecule has 0 spiro atoms. The first-order valence-corrected chi connectivity index (χ1v) is 6.82. The molecule has 2 aromatic carbocycles. The number of fused-ring (bicyclic) bond motifs is 3. The van der Waals surface area contributed by atoms with E-state index < -0.39 is 0 Å². The quantitative estimate of drug-likeness (QED) is 0.841. The van der Waals surface area contributed by atoms with Crippen molar-refractivity contribution >= 4 is 0 Å². The van der Waals surface area contributed by atoms with Crippen LogP contribution in [0.2, 0.25) is 0 Å². The molecule has 1 nitrogen and oxygen atoms in total. The van der Waals surface area contributed by atoms with Crippen molar-refractivity contribution in [2.24, 2.45) is 5.92 Å². The summed E-state index contributed by atoms with van der Waals surface area (Å²) in [7, 11) is 0. The third-order valence-corrected chi connectivity index (χ3v) is 4.40. The van der Waals surface area contributed by atoms with E-state index >= 15 is 0 Å². The number of hydrogen-bond acceptors (Lipinski definition) is 1. The van der Waals surface area contributed by atoms with Gasteiger partial charge in [0.2, 0.25) is 0 Å². The van der Waals surface area contributed by atoms with E-state index in [-0.39, 0.29) is 0 Å². The number of hydrogen-bond donors (Lipinski definition) is 1. The fourth-order valence-corrected chi connectivity index (χ4v) is 3.36. The topological polar surface area (TPSA) is 12.0 Å². The minimum Gasteiger partial charge on any atom is -0.316 e. The van der Waals surface area contributed by atoms with E-state index in [0.717, 1.165) is 5.92 Å². The molecule has 0 unspecified atom stereocenters. The van der Waals surface area contributed by atoms with Gasteiger partial charge in [-0.2, -0.15) is 0 Å². The molecule has 0 amide bonds. The fourth-order valence-electron chi connectivity index (χ4n) is 3.36. The number of rotatable bonds is 2. The molecule has 1 aliphatic carbocycles. The lowest BCUT2D eigenvalue weighted by Crippen LogP contribution is -2.42. The summed E-state index contributed by atoms with van der Waals surface area (Å²) in [5, 5.41) is 3.38. The van der Waals surface area contributed by atoms with Crippen molar-refractivity contribution in [3.63, 3.8) is 0 Å². The first kappa shape index (κ1) is 10.3. The molecule has 0 atom stereocenters. The molecule has 1 saturated heterocycles. The van der Waals surface area contributed by atoms with Crippen LogP contribution in [0, 0.1) is 5.92 Å². The first-order valence-electron chi connectivity index (χ1n) is 6.82. The van der Waals surface area contributed by atoms with Gasteiger partial charge in [0.25, 0.3) is 0 Å². The van der Waals surface area contributed by atoms with Crippen molar-refractivity contribution in [3.8, 4) is 11.1 Å². The van der Waals surface area contributed by atoms with Crippen LogP contribution in [0.15, 0.2) is 48.5 Å². The van der Waals surface area contributed by atoms with E-state index in [1.165, 1.54) is 41.8 Å². The Kier molecular flexibility index (Phi) is 2.27. The van der Waals surface area contributed by atoms with Crippen LogP contribution in [0.5, 0.6) is 0 Å². The Balaban J connectivity index is 1.81. The second-order valence-corrected chi connectivity index (χ2v) is 5.49. The average molecular weight is 235 g/mol. The van der Waals surface area contributed by atoms with Crippen molar-refractivity contribution in [1.82, 2.24) is 5.32 Å². The van der Waals surface area contributed by atoms with Gasteiger partial charge in [0, 0.05) is 5.92 Å². The normalized spacial score (nSPS) is 18.2. The maximum absolute atomic E-state index is 3.38. The lowest BCUT2D eigenvalue weighted by atomic mass is 9.84. The molecule has 1 heteroatoms. The molecule has 1 N–H and O–H groups in total. The molecule has 4 rings (SSSR count). The molecule has 2 aliphatic rings. The van der Waals surface area contributed by atoms with Gasteiger partial charge in [-0.3, -0.25) is 0 Å². The zero-order valence-electron chi connectivity index (χ0n) is 10.4. The zero-order valence-corrected chi connectivity index (χ0v) is 10.4. The van der Waals surface area contributed by atoms with Crippen LogP contribution in [-0.2, 0) is 0 Å². The van der Waals surface area contributed by atoms with Crippen molar-refractivity contribution in [3.05, 3.63) is 59.7 Å². The number of nitrogens with one attached hydrogen (secondary N) is 1. The molecule has 1 fully saturated rings. The predicted molar refractivity (Wildman–Crippen MR) is 74.7 cm³/mol. The van der Waals surface area contributed by atoms with Gasteiger partial charge in [0.05, 0.1) is 0 Å². The Bertz CT molecular complexity index is 538. The average Bonchev–Trinajstić information content (AvgIpc) is 2.69. The maximum atomic E-state index is 3.38. The molecule has 0 radical (unpaired) electrons. The Labute approximate surface area is 108 Å². The molecule has 0 bridgehead atoms. The van der Waals surface area contributed by atoms with E-state index in [2.05, 4.69) is 53.8 Å². The smallest absolute Gasteiger partial charge is 0.0105 e. The first-order chi connectivity index (χ1) is 8.93. The van der Waals surface area contributed by atoms with Gasteiger partial charge in [-0.15, -0.1) is 0 Å². The van der Waals surface area contributed by atoms with Gasteiger partial charge in [-0.05, 0) is 47.7 Å². The van der Waals surface area contributed by atoms with Crippen molar-refractivity contribution in [1.29, 1.82) is 0 Å². The summed E-state index contributed by atoms with van der Waals surface area (Å²) in [5.74, 6) is 1.47. The fraction of sp³-hybridized carbons (Fsp3) is 0.294. The third kappa shape index (κ3) is 1.44. The van der Waals surface area contributed by atoms with E-state index in [0.29, 0.717) is 5.92 Å². The van der Waals surface area contributed by atoms with Crippen LogP contribution in [0.1, 0.15) is 23.5 Å². The zero-order chi connectivity index (χ0) is 11.9. The highest BCUT2D eigenvalue weighted by atomic mass is 14.9. The second-order valence-electron chi connectivity index (χ2n) is 5.49. The predicted octanol–water partition coefficient (Wildman–Crippen LogP) is 3.41. The van der Waals surface area contributed by atoms with Gasteiger partial charge in [-0.1, -0.05) is 48.5 Å². The number of benzene rings is 2. The molecule has 90 valence electrons. The van der Waals surface area contributed by atoms with Gasteiger partial charge < -0.3 is 5.32 Å². The summed E-state index contributed by atoms with van der Waals surface area (Å²) in [5.41, 5.74) is 5.96. The van der Waals surface area contributed by atoms with Gasteiger partial charge >= 0.3 is 0 Å². The largest absolute Gasteiger partial charge is 0.316 e. The Hall–Kier alpha value is -1.60. The molecule has 1 aliphatic heterocycles. The van der Waals surface area contributed by atoms with Crippen LogP contribution in [0.3, 0.4) is 0 Å². The SMILES string of the molecule is c1ccc2c(c1)-c1ccccc1C2CC1CNC1. The molecule has 1 heterocycles. The van der Waals surface area contributed by atoms with E-state index in [1.807, 2.05) is 0 Å². The van der Waals surface area contributed by atoms with Crippen LogP contribution < -0.4 is 5.32 Å². The van der Waals surface area contributed by atoms with Crippen molar-refractivity contribution in [2.45, 2.75) is 12.3 Å². The molecular weight excluding hydrogens is 218 g/mol. The summed E-state index contributed by atoms with van der Waals surface area (Å²) in [6, 6.07) is 17.8. The minimum atomic E-state index is 0.615. The molecule has 18 heavy (non-hydrogen) atoms. The molecule has 2 aromatic rings. The maximum Gasteiger partial charge on any atom is 0.0105 e. The van der Waals surface area contributed by atoms with Crippen LogP contribution in [-0.4, -0.2) is 13.1 Å². The summed E-state index contributed by atoms with van der Waals surface area (Å²) in [4.78, 5) is 0. The summed E-state index contributed by atoms with van der Waals surface area (Å²) in [6.07, 6.45) is 1.29. The minimum absolute atomic E-state index is 0.615. The van der Waals surface area contributed by atoms with E-state index in [4.69, 9.17) is 0 Å². The molecule has 0 saturated carbocycles.